The Hall–Kier alpha value is -0.620. The average molecular weight is 261 g/mol. The van der Waals surface area contributed by atoms with Crippen LogP contribution in [0.4, 0.5) is 0 Å². The van der Waals surface area contributed by atoms with Crippen molar-refractivity contribution in [2.24, 2.45) is 7.05 Å². The molecule has 1 N–H and O–H groups in total. The molecule has 0 fully saturated rings. The number of imidazole rings is 1. The molecule has 0 unspecified atom stereocenters. The van der Waals surface area contributed by atoms with Gasteiger partial charge in [-0.2, -0.15) is 0 Å². The summed E-state index contributed by atoms with van der Waals surface area (Å²) >= 11 is 5.88. The summed E-state index contributed by atoms with van der Waals surface area (Å²) in [5.41, 5.74) is 0. The summed E-state index contributed by atoms with van der Waals surface area (Å²) < 4.78 is 7.32. The lowest BCUT2D eigenvalue weighted by atomic mass is 10.5. The van der Waals surface area contributed by atoms with Crippen molar-refractivity contribution in [1.82, 2.24) is 19.8 Å². The number of hydrogen-bond acceptors (Lipinski definition) is 4. The van der Waals surface area contributed by atoms with Gasteiger partial charge in [0.25, 0.3) is 0 Å². The van der Waals surface area contributed by atoms with E-state index in [1.807, 2.05) is 25.7 Å². The maximum Gasteiger partial charge on any atom is 0.128 e. The van der Waals surface area contributed by atoms with Gasteiger partial charge >= 0.3 is 0 Å². The quantitative estimate of drug-likeness (QED) is 0.701. The molecule has 0 amide bonds. The van der Waals surface area contributed by atoms with Gasteiger partial charge in [-0.15, -0.1) is 0 Å². The summed E-state index contributed by atoms with van der Waals surface area (Å²) in [5, 5.41) is 3.92. The van der Waals surface area contributed by atoms with Crippen LogP contribution < -0.4 is 5.32 Å². The number of rotatable bonds is 8. The van der Waals surface area contributed by atoms with Crippen LogP contribution in [0, 0.1) is 0 Å². The van der Waals surface area contributed by atoms with Gasteiger partial charge in [-0.05, 0) is 14.1 Å². The number of aromatic nitrogens is 2. The predicted molar refractivity (Wildman–Crippen MR) is 69.3 cm³/mol. The Morgan fingerprint density at radius 3 is 2.82 bits per heavy atom. The summed E-state index contributed by atoms with van der Waals surface area (Å²) in [6, 6.07) is 0. The Morgan fingerprint density at radius 2 is 2.24 bits per heavy atom. The fraction of sp³-hybridized carbons (Fsp3) is 0.727. The van der Waals surface area contributed by atoms with Crippen molar-refractivity contribution in [3.8, 4) is 0 Å². The molecule has 0 spiro atoms. The maximum absolute atomic E-state index is 5.88. The van der Waals surface area contributed by atoms with Crippen molar-refractivity contribution < 1.29 is 4.74 Å². The molecule has 0 bridgehead atoms. The van der Waals surface area contributed by atoms with Crippen molar-refractivity contribution in [3.63, 3.8) is 0 Å². The molecule has 98 valence electrons. The summed E-state index contributed by atoms with van der Waals surface area (Å²) in [6.07, 6.45) is 1.66. The van der Waals surface area contributed by atoms with E-state index < -0.39 is 0 Å². The second kappa shape index (κ2) is 7.66. The number of nitrogens with one attached hydrogen (secondary N) is 1. The number of ether oxygens (including phenoxy) is 1. The van der Waals surface area contributed by atoms with Crippen LogP contribution in [0.25, 0.3) is 0 Å². The first-order valence-electron chi connectivity index (χ1n) is 5.70. The van der Waals surface area contributed by atoms with Crippen molar-refractivity contribution in [1.29, 1.82) is 0 Å². The minimum Gasteiger partial charge on any atom is -0.379 e. The van der Waals surface area contributed by atoms with Crippen LogP contribution in [0.3, 0.4) is 0 Å². The van der Waals surface area contributed by atoms with Gasteiger partial charge in [-0.25, -0.2) is 4.98 Å². The van der Waals surface area contributed by atoms with Gasteiger partial charge in [-0.3, -0.25) is 0 Å². The van der Waals surface area contributed by atoms with Gasteiger partial charge in [0, 0.05) is 20.1 Å². The first-order valence-corrected chi connectivity index (χ1v) is 6.08. The molecule has 1 aromatic heterocycles. The van der Waals surface area contributed by atoms with Crippen molar-refractivity contribution in [3.05, 3.63) is 17.2 Å². The fourth-order valence-electron chi connectivity index (χ4n) is 1.28. The van der Waals surface area contributed by atoms with Gasteiger partial charge in [0.1, 0.15) is 11.0 Å². The fourth-order valence-corrected chi connectivity index (χ4v) is 1.43. The lowest BCUT2D eigenvalue weighted by molar-refractivity contribution is 0.119. The molecule has 6 heteroatoms. The van der Waals surface area contributed by atoms with Crippen LogP contribution in [0.2, 0.25) is 5.15 Å². The van der Waals surface area contributed by atoms with E-state index in [1.54, 1.807) is 6.20 Å². The van der Waals surface area contributed by atoms with E-state index in [4.69, 9.17) is 16.3 Å². The van der Waals surface area contributed by atoms with E-state index in [2.05, 4.69) is 15.2 Å². The lowest BCUT2D eigenvalue weighted by Gasteiger charge is -2.10. The zero-order valence-electron chi connectivity index (χ0n) is 10.7. The molecule has 1 aromatic rings. The van der Waals surface area contributed by atoms with E-state index in [0.29, 0.717) is 18.3 Å². The molecule has 0 aliphatic rings. The Balaban J connectivity index is 2.03. The van der Waals surface area contributed by atoms with Crippen LogP contribution in [0.15, 0.2) is 6.20 Å². The first-order chi connectivity index (χ1) is 8.11. The van der Waals surface area contributed by atoms with E-state index in [1.165, 1.54) is 0 Å². The molecular weight excluding hydrogens is 240 g/mol. The number of nitrogens with zero attached hydrogens (tertiary/aromatic N) is 3. The summed E-state index contributed by atoms with van der Waals surface area (Å²) in [4.78, 5) is 6.29. The van der Waals surface area contributed by atoms with E-state index in [9.17, 15) is 0 Å². The molecule has 0 aromatic carbocycles. The highest BCUT2D eigenvalue weighted by Gasteiger charge is 2.02. The minimum atomic E-state index is 0.657. The highest BCUT2D eigenvalue weighted by Crippen LogP contribution is 2.08. The van der Waals surface area contributed by atoms with Gasteiger partial charge in [0.2, 0.25) is 0 Å². The first kappa shape index (κ1) is 14.4. The zero-order valence-corrected chi connectivity index (χ0v) is 11.5. The normalized spacial score (nSPS) is 11.4. The number of halogens is 1. The highest BCUT2D eigenvalue weighted by atomic mass is 35.5. The number of likely N-dealkylation sites (N-methyl/N-ethyl adjacent to an activating group) is 1. The predicted octanol–water partition coefficient (Wildman–Crippen LogP) is 0.741. The molecule has 0 aliphatic carbocycles. The van der Waals surface area contributed by atoms with Crippen LogP contribution in [0.1, 0.15) is 5.82 Å². The van der Waals surface area contributed by atoms with Crippen LogP contribution in [0.5, 0.6) is 0 Å². The minimum absolute atomic E-state index is 0.657. The molecule has 0 aliphatic heterocycles. The lowest BCUT2D eigenvalue weighted by Crippen LogP contribution is -2.23. The Labute approximate surface area is 108 Å². The van der Waals surface area contributed by atoms with Crippen molar-refractivity contribution in [2.75, 3.05) is 40.4 Å². The maximum atomic E-state index is 5.88. The molecule has 1 rings (SSSR count). The third kappa shape index (κ3) is 5.50. The number of hydrogen-bond donors (Lipinski definition) is 1. The van der Waals surface area contributed by atoms with Crippen LogP contribution >= 0.6 is 11.6 Å². The molecule has 0 radical (unpaired) electrons. The molecule has 0 saturated heterocycles. The summed E-state index contributed by atoms with van der Waals surface area (Å²) in [5.74, 6) is 0.934. The van der Waals surface area contributed by atoms with Crippen molar-refractivity contribution in [2.45, 2.75) is 6.54 Å². The Bertz CT molecular complexity index is 327. The molecular formula is C11H21ClN4O. The van der Waals surface area contributed by atoms with E-state index >= 15 is 0 Å². The van der Waals surface area contributed by atoms with Gasteiger partial charge in [0.05, 0.1) is 26.0 Å². The second-order valence-electron chi connectivity index (χ2n) is 4.15. The molecule has 1 heterocycles. The third-order valence-electron chi connectivity index (χ3n) is 2.42. The smallest absolute Gasteiger partial charge is 0.128 e. The topological polar surface area (TPSA) is 42.3 Å². The standard InChI is InChI=1S/C11H21ClN4O/c1-15(2)5-7-17-6-4-13-9-11-14-8-10(12)16(11)3/h8,13H,4-7,9H2,1-3H3. The monoisotopic (exact) mass is 260 g/mol. The van der Waals surface area contributed by atoms with Gasteiger partial charge in [0.15, 0.2) is 0 Å². The van der Waals surface area contributed by atoms with Crippen LogP contribution in [-0.2, 0) is 18.3 Å². The van der Waals surface area contributed by atoms with Crippen molar-refractivity contribution >= 4 is 11.6 Å². The summed E-state index contributed by atoms with van der Waals surface area (Å²) in [7, 11) is 5.97. The molecule has 0 saturated carbocycles. The molecule has 17 heavy (non-hydrogen) atoms. The average Bonchev–Trinajstić information content (AvgIpc) is 2.59. The van der Waals surface area contributed by atoms with Crippen LogP contribution in [-0.4, -0.2) is 54.8 Å². The van der Waals surface area contributed by atoms with Gasteiger partial charge < -0.3 is 19.5 Å². The van der Waals surface area contributed by atoms with E-state index in [-0.39, 0.29) is 0 Å². The Morgan fingerprint density at radius 1 is 1.47 bits per heavy atom. The van der Waals surface area contributed by atoms with E-state index in [0.717, 1.165) is 25.5 Å². The third-order valence-corrected chi connectivity index (χ3v) is 2.77. The SMILES string of the molecule is CN(C)CCOCCNCc1ncc(Cl)n1C. The molecule has 5 nitrogen and oxygen atoms in total. The molecule has 0 atom stereocenters. The Kier molecular flexibility index (Phi) is 6.50. The largest absolute Gasteiger partial charge is 0.379 e. The highest BCUT2D eigenvalue weighted by molar-refractivity contribution is 6.29. The zero-order chi connectivity index (χ0) is 12.7. The van der Waals surface area contributed by atoms with Gasteiger partial charge in [-0.1, -0.05) is 11.6 Å². The summed E-state index contributed by atoms with van der Waals surface area (Å²) in [6.45, 7) is 3.96. The second-order valence-corrected chi connectivity index (χ2v) is 4.54.